The third-order valence-corrected chi connectivity index (χ3v) is 3.56. The molecule has 0 aromatic rings. The summed E-state index contributed by atoms with van der Waals surface area (Å²) in [6.07, 6.45) is 3.11. The van der Waals surface area contributed by atoms with Crippen molar-refractivity contribution in [2.24, 2.45) is 4.99 Å². The summed E-state index contributed by atoms with van der Waals surface area (Å²) in [5.74, 6) is 0.728. The van der Waals surface area contributed by atoms with Crippen LogP contribution < -0.4 is 10.6 Å². The lowest BCUT2D eigenvalue weighted by molar-refractivity contribution is 0.0253. The fraction of sp³-hybridized carbons (Fsp3) is 0.882. The van der Waals surface area contributed by atoms with E-state index in [-0.39, 0.29) is 36.2 Å². The van der Waals surface area contributed by atoms with Crippen LogP contribution >= 0.6 is 24.0 Å². The van der Waals surface area contributed by atoms with Gasteiger partial charge >= 0.3 is 6.09 Å². The van der Waals surface area contributed by atoms with Crippen molar-refractivity contribution in [1.82, 2.24) is 15.5 Å². The molecule has 0 spiro atoms. The Balaban J connectivity index is 0.00000576. The monoisotopic (exact) mass is 470 g/mol. The maximum atomic E-state index is 12.2. The average molecular weight is 470 g/mol. The molecule has 1 unspecified atom stereocenters. The van der Waals surface area contributed by atoms with E-state index >= 15 is 0 Å². The Morgan fingerprint density at radius 2 is 2.04 bits per heavy atom. The van der Waals surface area contributed by atoms with Gasteiger partial charge in [-0.25, -0.2) is 4.79 Å². The number of amides is 1. The van der Waals surface area contributed by atoms with Crippen molar-refractivity contribution in [2.45, 2.75) is 58.7 Å². The molecule has 2 N–H and O–H groups in total. The van der Waals surface area contributed by atoms with Gasteiger partial charge in [0.1, 0.15) is 5.60 Å². The SMILES string of the molecule is CCCN(CCNC(=NC)NCC1CCCO1)C(=O)OC(C)(C)C.I. The van der Waals surface area contributed by atoms with Crippen molar-refractivity contribution < 1.29 is 14.3 Å². The molecule has 25 heavy (non-hydrogen) atoms. The number of guanidine groups is 1. The van der Waals surface area contributed by atoms with Crippen LogP contribution in [0, 0.1) is 0 Å². The van der Waals surface area contributed by atoms with Gasteiger partial charge in [-0.1, -0.05) is 6.92 Å². The second-order valence-corrected chi connectivity index (χ2v) is 6.98. The van der Waals surface area contributed by atoms with Crippen LogP contribution in [-0.2, 0) is 9.47 Å². The van der Waals surface area contributed by atoms with Crippen LogP contribution in [0.5, 0.6) is 0 Å². The lowest BCUT2D eigenvalue weighted by Crippen LogP contribution is -2.45. The number of carbonyl (C=O) groups is 1. The Labute approximate surface area is 169 Å². The predicted octanol–water partition coefficient (Wildman–Crippen LogP) is 2.60. The molecule has 148 valence electrons. The lowest BCUT2D eigenvalue weighted by atomic mass is 10.2. The zero-order chi connectivity index (χ0) is 18.0. The number of aliphatic imine (C=N–C) groups is 1. The number of ether oxygens (including phenoxy) is 2. The molecule has 1 atom stereocenters. The molecule has 7 nitrogen and oxygen atoms in total. The number of carbonyl (C=O) groups excluding carboxylic acids is 1. The van der Waals surface area contributed by atoms with Crippen molar-refractivity contribution >= 4 is 36.0 Å². The van der Waals surface area contributed by atoms with E-state index in [0.717, 1.165) is 38.4 Å². The number of nitrogens with one attached hydrogen (secondary N) is 2. The summed E-state index contributed by atoms with van der Waals surface area (Å²) >= 11 is 0. The molecular weight excluding hydrogens is 435 g/mol. The Morgan fingerprint density at radius 1 is 1.32 bits per heavy atom. The van der Waals surface area contributed by atoms with Gasteiger partial charge in [0.15, 0.2) is 5.96 Å². The molecule has 0 saturated carbocycles. The Hall–Kier alpha value is -0.770. The number of halogens is 1. The van der Waals surface area contributed by atoms with Crippen LogP contribution in [-0.4, -0.2) is 68.5 Å². The molecule has 8 heteroatoms. The molecule has 0 aliphatic carbocycles. The van der Waals surface area contributed by atoms with E-state index in [0.29, 0.717) is 19.6 Å². The zero-order valence-electron chi connectivity index (χ0n) is 16.3. The molecule has 1 aliphatic heterocycles. The second-order valence-electron chi connectivity index (χ2n) is 6.98. The van der Waals surface area contributed by atoms with Gasteiger partial charge in [-0.3, -0.25) is 4.99 Å². The number of hydrogen-bond donors (Lipinski definition) is 2. The molecule has 1 aliphatic rings. The van der Waals surface area contributed by atoms with Gasteiger partial charge in [0.25, 0.3) is 0 Å². The van der Waals surface area contributed by atoms with Gasteiger partial charge in [-0.05, 0) is 40.0 Å². The molecule has 1 heterocycles. The third-order valence-electron chi connectivity index (χ3n) is 3.56. The first kappa shape index (κ1) is 24.2. The fourth-order valence-electron chi connectivity index (χ4n) is 2.44. The van der Waals surface area contributed by atoms with Crippen LogP contribution in [0.1, 0.15) is 47.0 Å². The van der Waals surface area contributed by atoms with E-state index in [9.17, 15) is 4.79 Å². The smallest absolute Gasteiger partial charge is 0.410 e. The van der Waals surface area contributed by atoms with Gasteiger partial charge in [0.2, 0.25) is 0 Å². The first-order valence-corrected chi connectivity index (χ1v) is 8.89. The van der Waals surface area contributed by atoms with Gasteiger partial charge in [-0.15, -0.1) is 24.0 Å². The largest absolute Gasteiger partial charge is 0.444 e. The van der Waals surface area contributed by atoms with E-state index in [2.05, 4.69) is 15.6 Å². The average Bonchev–Trinajstić information content (AvgIpc) is 3.01. The number of nitrogens with zero attached hydrogens (tertiary/aromatic N) is 2. The Morgan fingerprint density at radius 3 is 2.56 bits per heavy atom. The standard InChI is InChI=1S/C17H34N4O3.HI/c1-6-10-21(16(22)24-17(2,3)4)11-9-19-15(18-5)20-13-14-8-7-12-23-14;/h14H,6-13H2,1-5H3,(H2,18,19,20);1H. The first-order valence-electron chi connectivity index (χ1n) is 8.89. The Kier molecular flexibility index (Phi) is 12.2. The molecule has 1 amide bonds. The number of hydrogen-bond acceptors (Lipinski definition) is 4. The lowest BCUT2D eigenvalue weighted by Gasteiger charge is -2.27. The van der Waals surface area contributed by atoms with Gasteiger partial charge in [0, 0.05) is 39.8 Å². The molecule has 0 aromatic heterocycles. The highest BCUT2D eigenvalue weighted by atomic mass is 127. The highest BCUT2D eigenvalue weighted by Gasteiger charge is 2.21. The second kappa shape index (κ2) is 12.6. The van der Waals surface area contributed by atoms with Crippen LogP contribution in [0.25, 0.3) is 0 Å². The summed E-state index contributed by atoms with van der Waals surface area (Å²) in [5, 5.41) is 6.50. The van der Waals surface area contributed by atoms with Crippen molar-refractivity contribution in [1.29, 1.82) is 0 Å². The van der Waals surface area contributed by atoms with Gasteiger partial charge in [-0.2, -0.15) is 0 Å². The van der Waals surface area contributed by atoms with Gasteiger partial charge in [0.05, 0.1) is 6.10 Å². The predicted molar refractivity (Wildman–Crippen MR) is 112 cm³/mol. The zero-order valence-corrected chi connectivity index (χ0v) is 18.6. The topological polar surface area (TPSA) is 75.2 Å². The van der Waals surface area contributed by atoms with Crippen molar-refractivity contribution in [2.75, 3.05) is 39.8 Å². The molecule has 1 rings (SSSR count). The van der Waals surface area contributed by atoms with Crippen molar-refractivity contribution in [3.8, 4) is 0 Å². The summed E-state index contributed by atoms with van der Waals surface area (Å²) in [6, 6.07) is 0. The van der Waals surface area contributed by atoms with Crippen LogP contribution in [0.2, 0.25) is 0 Å². The number of rotatable bonds is 7. The quantitative estimate of drug-likeness (QED) is 0.340. The van der Waals surface area contributed by atoms with Crippen molar-refractivity contribution in [3.05, 3.63) is 0 Å². The molecule has 0 aromatic carbocycles. The summed E-state index contributed by atoms with van der Waals surface area (Å²) in [4.78, 5) is 18.1. The molecule has 0 radical (unpaired) electrons. The minimum Gasteiger partial charge on any atom is -0.444 e. The highest BCUT2D eigenvalue weighted by molar-refractivity contribution is 14.0. The van der Waals surface area contributed by atoms with Crippen LogP contribution in [0.3, 0.4) is 0 Å². The first-order chi connectivity index (χ1) is 11.4. The summed E-state index contributed by atoms with van der Waals surface area (Å²) in [6.45, 7) is 11.2. The van der Waals surface area contributed by atoms with E-state index in [1.807, 2.05) is 27.7 Å². The highest BCUT2D eigenvalue weighted by Crippen LogP contribution is 2.11. The summed E-state index contributed by atoms with van der Waals surface area (Å²) in [5.41, 5.74) is -0.477. The van der Waals surface area contributed by atoms with Crippen LogP contribution in [0.15, 0.2) is 4.99 Å². The third kappa shape index (κ3) is 10.7. The molecule has 1 fully saturated rings. The van der Waals surface area contributed by atoms with E-state index in [1.54, 1.807) is 11.9 Å². The van der Waals surface area contributed by atoms with E-state index in [4.69, 9.17) is 9.47 Å². The maximum absolute atomic E-state index is 12.2. The maximum Gasteiger partial charge on any atom is 0.410 e. The Bertz CT molecular complexity index is 407. The molecular formula is C17H35IN4O3. The fourth-order valence-corrected chi connectivity index (χ4v) is 2.44. The van der Waals surface area contributed by atoms with E-state index < -0.39 is 5.60 Å². The van der Waals surface area contributed by atoms with E-state index in [1.165, 1.54) is 0 Å². The van der Waals surface area contributed by atoms with Gasteiger partial charge < -0.3 is 25.0 Å². The summed E-state index contributed by atoms with van der Waals surface area (Å²) < 4.78 is 11.0. The normalized spacial score (nSPS) is 17.6. The molecule has 0 bridgehead atoms. The summed E-state index contributed by atoms with van der Waals surface area (Å²) in [7, 11) is 1.74. The van der Waals surface area contributed by atoms with Crippen LogP contribution in [0.4, 0.5) is 4.79 Å². The minimum absolute atomic E-state index is 0. The molecule has 1 saturated heterocycles. The minimum atomic E-state index is -0.477. The van der Waals surface area contributed by atoms with Crippen molar-refractivity contribution in [3.63, 3.8) is 0 Å².